The summed E-state index contributed by atoms with van der Waals surface area (Å²) < 4.78 is 0. The molecule has 0 saturated carbocycles. The highest BCUT2D eigenvalue weighted by Gasteiger charge is 2.29. The van der Waals surface area contributed by atoms with E-state index in [2.05, 4.69) is 11.8 Å². The van der Waals surface area contributed by atoms with E-state index in [4.69, 9.17) is 23.2 Å². The largest absolute Gasteiger partial charge is 0.481 e. The predicted octanol–water partition coefficient (Wildman–Crippen LogP) is 4.13. The standard InChI is InChI=1S/C15H19Cl2NO2S/c1-10-6-11(15(19)20)9-18(8-10)4-5-21-14-7-12(16)2-3-13(14)17/h2-3,7,10-11H,4-6,8-9H2,1H3,(H,19,20). The Bertz CT molecular complexity index is 512. The van der Waals surface area contributed by atoms with Gasteiger partial charge in [-0.3, -0.25) is 4.79 Å². The molecular weight excluding hydrogens is 329 g/mol. The molecule has 1 aromatic carbocycles. The minimum atomic E-state index is -0.683. The Morgan fingerprint density at radius 2 is 2.19 bits per heavy atom. The van der Waals surface area contributed by atoms with Crippen LogP contribution < -0.4 is 0 Å². The number of hydrogen-bond acceptors (Lipinski definition) is 3. The maximum atomic E-state index is 11.2. The molecule has 3 nitrogen and oxygen atoms in total. The van der Waals surface area contributed by atoms with E-state index in [0.717, 1.165) is 30.2 Å². The van der Waals surface area contributed by atoms with Gasteiger partial charge in [-0.1, -0.05) is 30.1 Å². The van der Waals surface area contributed by atoms with Crippen molar-refractivity contribution in [1.29, 1.82) is 0 Å². The number of carbonyl (C=O) groups is 1. The third-order valence-corrected chi connectivity index (χ3v) is 5.36. The summed E-state index contributed by atoms with van der Waals surface area (Å²) in [7, 11) is 0. The van der Waals surface area contributed by atoms with Crippen molar-refractivity contribution >= 4 is 40.9 Å². The molecule has 1 heterocycles. The molecule has 0 aromatic heterocycles. The molecule has 0 radical (unpaired) electrons. The smallest absolute Gasteiger partial charge is 0.307 e. The molecule has 1 aliphatic rings. The van der Waals surface area contributed by atoms with E-state index in [-0.39, 0.29) is 5.92 Å². The van der Waals surface area contributed by atoms with Gasteiger partial charge in [0.2, 0.25) is 0 Å². The Kier molecular flexibility index (Phi) is 6.23. The minimum absolute atomic E-state index is 0.242. The summed E-state index contributed by atoms with van der Waals surface area (Å²) in [4.78, 5) is 14.4. The lowest BCUT2D eigenvalue weighted by Crippen LogP contribution is -2.43. The number of benzene rings is 1. The summed E-state index contributed by atoms with van der Waals surface area (Å²) in [6.07, 6.45) is 0.777. The summed E-state index contributed by atoms with van der Waals surface area (Å²) in [5.41, 5.74) is 0. The van der Waals surface area contributed by atoms with Gasteiger partial charge in [-0.2, -0.15) is 0 Å². The number of rotatable bonds is 5. The van der Waals surface area contributed by atoms with Crippen molar-refractivity contribution in [3.63, 3.8) is 0 Å². The Balaban J connectivity index is 1.85. The molecule has 1 aromatic rings. The molecule has 0 aliphatic carbocycles. The maximum Gasteiger partial charge on any atom is 0.307 e. The van der Waals surface area contributed by atoms with Gasteiger partial charge in [-0.25, -0.2) is 0 Å². The first-order valence-corrected chi connectivity index (χ1v) is 8.73. The van der Waals surface area contributed by atoms with Crippen LogP contribution in [0.1, 0.15) is 13.3 Å². The van der Waals surface area contributed by atoms with Gasteiger partial charge >= 0.3 is 5.97 Å². The second-order valence-electron chi connectivity index (χ2n) is 5.56. The second kappa shape index (κ2) is 7.73. The topological polar surface area (TPSA) is 40.5 Å². The first kappa shape index (κ1) is 16.9. The highest BCUT2D eigenvalue weighted by atomic mass is 35.5. The number of hydrogen-bond donors (Lipinski definition) is 1. The summed E-state index contributed by atoms with van der Waals surface area (Å²) in [5.74, 6) is 0.379. The van der Waals surface area contributed by atoms with Crippen LogP contribution in [0.15, 0.2) is 23.1 Å². The highest BCUT2D eigenvalue weighted by molar-refractivity contribution is 7.99. The lowest BCUT2D eigenvalue weighted by molar-refractivity contribution is -0.144. The van der Waals surface area contributed by atoms with E-state index >= 15 is 0 Å². The molecule has 1 aliphatic heterocycles. The van der Waals surface area contributed by atoms with Crippen molar-refractivity contribution in [2.75, 3.05) is 25.4 Å². The van der Waals surface area contributed by atoms with Gasteiger partial charge < -0.3 is 10.0 Å². The lowest BCUT2D eigenvalue weighted by atomic mass is 9.90. The van der Waals surface area contributed by atoms with Crippen LogP contribution in [0.4, 0.5) is 0 Å². The lowest BCUT2D eigenvalue weighted by Gasteiger charge is -2.34. The molecule has 2 atom stereocenters. The number of likely N-dealkylation sites (tertiary alicyclic amines) is 1. The molecule has 1 N–H and O–H groups in total. The number of aliphatic carboxylic acids is 1. The first-order chi connectivity index (χ1) is 9.95. The van der Waals surface area contributed by atoms with Gasteiger partial charge in [0.15, 0.2) is 0 Å². The van der Waals surface area contributed by atoms with E-state index in [0.29, 0.717) is 22.5 Å². The third kappa shape index (κ3) is 5.06. The molecule has 0 amide bonds. The Morgan fingerprint density at radius 1 is 1.43 bits per heavy atom. The molecule has 0 bridgehead atoms. The number of nitrogens with zero attached hydrogens (tertiary/aromatic N) is 1. The summed E-state index contributed by atoms with van der Waals surface area (Å²) >= 11 is 13.8. The first-order valence-electron chi connectivity index (χ1n) is 6.98. The summed E-state index contributed by atoms with van der Waals surface area (Å²) in [5, 5.41) is 10.6. The van der Waals surface area contributed by atoms with Gasteiger partial charge in [-0.05, 0) is 30.5 Å². The van der Waals surface area contributed by atoms with Crippen LogP contribution in [-0.4, -0.2) is 41.4 Å². The Hall–Kier alpha value is -0.420. The third-order valence-electron chi connectivity index (χ3n) is 3.64. The maximum absolute atomic E-state index is 11.2. The van der Waals surface area contributed by atoms with Crippen molar-refractivity contribution in [1.82, 2.24) is 4.90 Å². The van der Waals surface area contributed by atoms with Crippen LogP contribution in [0, 0.1) is 11.8 Å². The van der Waals surface area contributed by atoms with E-state index in [9.17, 15) is 9.90 Å². The average Bonchev–Trinajstić information content (AvgIpc) is 2.42. The normalized spacial score (nSPS) is 23.2. The minimum Gasteiger partial charge on any atom is -0.481 e. The van der Waals surface area contributed by atoms with Gasteiger partial charge in [0.05, 0.1) is 10.9 Å². The molecule has 2 rings (SSSR count). The number of carboxylic acids is 1. The number of carboxylic acid groups (broad SMARTS) is 1. The van der Waals surface area contributed by atoms with Crippen molar-refractivity contribution < 1.29 is 9.90 Å². The van der Waals surface area contributed by atoms with E-state index in [1.165, 1.54) is 0 Å². The van der Waals surface area contributed by atoms with Crippen LogP contribution in [-0.2, 0) is 4.79 Å². The molecule has 2 unspecified atom stereocenters. The zero-order valence-corrected chi connectivity index (χ0v) is 14.2. The fourth-order valence-electron chi connectivity index (χ4n) is 2.70. The van der Waals surface area contributed by atoms with Crippen LogP contribution in [0.3, 0.4) is 0 Å². The average molecular weight is 348 g/mol. The summed E-state index contributed by atoms with van der Waals surface area (Å²) in [6.45, 7) is 4.59. The monoisotopic (exact) mass is 347 g/mol. The molecule has 1 fully saturated rings. The van der Waals surface area contributed by atoms with Crippen molar-refractivity contribution in [2.45, 2.75) is 18.2 Å². The SMILES string of the molecule is CC1CC(C(=O)O)CN(CCSc2cc(Cl)ccc2Cl)C1. The molecule has 21 heavy (non-hydrogen) atoms. The van der Waals surface area contributed by atoms with Crippen LogP contribution >= 0.6 is 35.0 Å². The number of thioether (sulfide) groups is 1. The Morgan fingerprint density at radius 3 is 2.90 bits per heavy atom. The van der Waals surface area contributed by atoms with Gasteiger partial charge in [0, 0.05) is 35.3 Å². The van der Waals surface area contributed by atoms with Crippen molar-refractivity contribution in [3.8, 4) is 0 Å². The molecular formula is C15H19Cl2NO2S. The molecule has 1 saturated heterocycles. The van der Waals surface area contributed by atoms with Crippen LogP contribution in [0.25, 0.3) is 0 Å². The van der Waals surface area contributed by atoms with E-state index in [1.54, 1.807) is 23.9 Å². The van der Waals surface area contributed by atoms with Gasteiger partial charge in [0.25, 0.3) is 0 Å². The molecule has 6 heteroatoms. The zero-order valence-electron chi connectivity index (χ0n) is 11.9. The van der Waals surface area contributed by atoms with Crippen LogP contribution in [0.5, 0.6) is 0 Å². The molecule has 116 valence electrons. The van der Waals surface area contributed by atoms with Crippen LogP contribution in [0.2, 0.25) is 10.0 Å². The fraction of sp³-hybridized carbons (Fsp3) is 0.533. The molecule has 0 spiro atoms. The van der Waals surface area contributed by atoms with Crippen molar-refractivity contribution in [3.05, 3.63) is 28.2 Å². The zero-order chi connectivity index (χ0) is 15.4. The van der Waals surface area contributed by atoms with Gasteiger partial charge in [-0.15, -0.1) is 11.8 Å². The quantitative estimate of drug-likeness (QED) is 0.813. The highest BCUT2D eigenvalue weighted by Crippen LogP contribution is 2.30. The van der Waals surface area contributed by atoms with E-state index in [1.807, 2.05) is 6.07 Å². The fourth-order valence-corrected chi connectivity index (χ4v) is 4.20. The second-order valence-corrected chi connectivity index (χ2v) is 7.54. The predicted molar refractivity (Wildman–Crippen MR) is 88.5 cm³/mol. The van der Waals surface area contributed by atoms with Gasteiger partial charge in [0.1, 0.15) is 0 Å². The van der Waals surface area contributed by atoms with E-state index < -0.39 is 5.97 Å². The summed E-state index contributed by atoms with van der Waals surface area (Å²) in [6, 6.07) is 5.45. The number of halogens is 2. The van der Waals surface area contributed by atoms with Crippen molar-refractivity contribution in [2.24, 2.45) is 11.8 Å². The Labute approximate surface area is 139 Å². The number of piperidine rings is 1.